The fourth-order valence-electron chi connectivity index (χ4n) is 3.41. The van der Waals surface area contributed by atoms with E-state index in [1.54, 1.807) is 24.3 Å². The van der Waals surface area contributed by atoms with Crippen molar-refractivity contribution in [2.45, 2.75) is 38.5 Å². The number of benzene rings is 2. The summed E-state index contributed by atoms with van der Waals surface area (Å²) in [7, 11) is 0. The number of amides is 2. The molecule has 4 heteroatoms. The number of hydrogen-bond donors (Lipinski definition) is 2. The molecular weight excluding hydrogens is 348 g/mol. The molecule has 0 spiro atoms. The minimum atomic E-state index is -0.118. The topological polar surface area (TPSA) is 58.2 Å². The first-order valence-corrected chi connectivity index (χ1v) is 10.1. The summed E-state index contributed by atoms with van der Waals surface area (Å²) in [5.74, 6) is -0.209. The summed E-state index contributed by atoms with van der Waals surface area (Å²) >= 11 is 0. The monoisotopic (exact) mass is 376 g/mol. The van der Waals surface area contributed by atoms with Gasteiger partial charge in [0.2, 0.25) is 0 Å². The molecule has 0 bridgehead atoms. The fraction of sp³-hybridized carbons (Fsp3) is 0.333. The van der Waals surface area contributed by atoms with Gasteiger partial charge in [-0.2, -0.15) is 0 Å². The third-order valence-corrected chi connectivity index (χ3v) is 5.07. The molecule has 1 aliphatic carbocycles. The van der Waals surface area contributed by atoms with Crippen molar-refractivity contribution >= 4 is 11.8 Å². The van der Waals surface area contributed by atoms with Gasteiger partial charge < -0.3 is 10.6 Å². The standard InChI is InChI=1S/C24H28N2O2/c27-23(25-17-15-19-7-3-1-4-8-19)21-11-13-22(14-12-21)24(28)26-18-16-20-9-5-2-6-10-20/h1,3-4,7-9,11-14H,2,5-6,10,15-18H2,(H,25,27)(H,26,28). The maximum atomic E-state index is 12.3. The molecule has 0 unspecified atom stereocenters. The van der Waals surface area contributed by atoms with Gasteiger partial charge in [0.25, 0.3) is 11.8 Å². The lowest BCUT2D eigenvalue weighted by atomic mass is 9.97. The molecular formula is C24H28N2O2. The average molecular weight is 377 g/mol. The molecule has 0 saturated heterocycles. The molecule has 1 aliphatic rings. The lowest BCUT2D eigenvalue weighted by Gasteiger charge is -2.13. The highest BCUT2D eigenvalue weighted by atomic mass is 16.2. The zero-order valence-electron chi connectivity index (χ0n) is 16.2. The van der Waals surface area contributed by atoms with Crippen molar-refractivity contribution in [2.24, 2.45) is 0 Å². The first-order chi connectivity index (χ1) is 13.7. The van der Waals surface area contributed by atoms with Gasteiger partial charge in [-0.25, -0.2) is 0 Å². The van der Waals surface area contributed by atoms with Crippen LogP contribution < -0.4 is 10.6 Å². The second-order valence-corrected chi connectivity index (χ2v) is 7.18. The minimum absolute atomic E-state index is 0.0903. The average Bonchev–Trinajstić information content (AvgIpc) is 2.75. The first kappa shape index (κ1) is 19.9. The highest BCUT2D eigenvalue weighted by Gasteiger charge is 2.09. The highest BCUT2D eigenvalue weighted by Crippen LogP contribution is 2.19. The lowest BCUT2D eigenvalue weighted by Crippen LogP contribution is -2.26. The number of carbonyl (C=O) groups is 2. The van der Waals surface area contributed by atoms with E-state index in [0.29, 0.717) is 24.2 Å². The fourth-order valence-corrected chi connectivity index (χ4v) is 3.41. The van der Waals surface area contributed by atoms with Crippen LogP contribution in [0.5, 0.6) is 0 Å². The number of rotatable bonds is 8. The van der Waals surface area contributed by atoms with Crippen LogP contribution in [-0.4, -0.2) is 24.9 Å². The Balaban J connectivity index is 1.42. The molecule has 2 amide bonds. The van der Waals surface area contributed by atoms with Gasteiger partial charge in [0.1, 0.15) is 0 Å². The Hall–Kier alpha value is -2.88. The van der Waals surface area contributed by atoms with Crippen molar-refractivity contribution in [3.8, 4) is 0 Å². The molecule has 28 heavy (non-hydrogen) atoms. The van der Waals surface area contributed by atoms with E-state index in [9.17, 15) is 9.59 Å². The molecule has 2 N–H and O–H groups in total. The molecule has 0 radical (unpaired) electrons. The SMILES string of the molecule is O=C(NCCC1=CCCCC1)c1ccc(C(=O)NCCc2ccccc2)cc1. The summed E-state index contributed by atoms with van der Waals surface area (Å²) in [5.41, 5.74) is 3.79. The van der Waals surface area contributed by atoms with Crippen molar-refractivity contribution in [3.05, 3.63) is 82.9 Å². The summed E-state index contributed by atoms with van der Waals surface area (Å²) in [6, 6.07) is 16.9. The summed E-state index contributed by atoms with van der Waals surface area (Å²) in [4.78, 5) is 24.5. The zero-order chi connectivity index (χ0) is 19.6. The van der Waals surface area contributed by atoms with Gasteiger partial charge in [-0.3, -0.25) is 9.59 Å². The minimum Gasteiger partial charge on any atom is -0.352 e. The Kier molecular flexibility index (Phi) is 7.42. The summed E-state index contributed by atoms with van der Waals surface area (Å²) in [5, 5.41) is 5.89. The van der Waals surface area contributed by atoms with Crippen molar-refractivity contribution in [1.82, 2.24) is 10.6 Å². The Morgan fingerprint density at radius 1 is 0.750 bits per heavy atom. The quantitative estimate of drug-likeness (QED) is 0.676. The van der Waals surface area contributed by atoms with Gasteiger partial charge in [-0.05, 0) is 68.4 Å². The number of nitrogens with one attached hydrogen (secondary N) is 2. The Morgan fingerprint density at radius 3 is 1.93 bits per heavy atom. The van der Waals surface area contributed by atoms with Crippen molar-refractivity contribution < 1.29 is 9.59 Å². The first-order valence-electron chi connectivity index (χ1n) is 10.1. The van der Waals surface area contributed by atoms with Crippen molar-refractivity contribution in [3.63, 3.8) is 0 Å². The van der Waals surface area contributed by atoms with Crippen LogP contribution >= 0.6 is 0 Å². The van der Waals surface area contributed by atoms with Crippen LogP contribution in [0, 0.1) is 0 Å². The van der Waals surface area contributed by atoms with Gasteiger partial charge in [0, 0.05) is 24.2 Å². The van der Waals surface area contributed by atoms with Gasteiger partial charge >= 0.3 is 0 Å². The third kappa shape index (κ3) is 6.08. The van der Waals surface area contributed by atoms with Gasteiger partial charge in [0.15, 0.2) is 0 Å². The third-order valence-electron chi connectivity index (χ3n) is 5.07. The zero-order valence-corrected chi connectivity index (χ0v) is 16.2. The van der Waals surface area contributed by atoms with E-state index >= 15 is 0 Å². The highest BCUT2D eigenvalue weighted by molar-refractivity contribution is 5.97. The molecule has 2 aromatic rings. The van der Waals surface area contributed by atoms with Crippen LogP contribution in [0.4, 0.5) is 0 Å². The molecule has 3 rings (SSSR count). The maximum absolute atomic E-state index is 12.3. The molecule has 2 aromatic carbocycles. The predicted octanol–water partition coefficient (Wildman–Crippen LogP) is 4.28. The molecule has 0 fully saturated rings. The molecule has 0 atom stereocenters. The van der Waals surface area contributed by atoms with Crippen LogP contribution in [0.25, 0.3) is 0 Å². The van der Waals surface area contributed by atoms with E-state index in [-0.39, 0.29) is 11.8 Å². The summed E-state index contributed by atoms with van der Waals surface area (Å²) in [6.07, 6.45) is 8.89. The second-order valence-electron chi connectivity index (χ2n) is 7.18. The van der Waals surface area contributed by atoms with Gasteiger partial charge in [-0.15, -0.1) is 0 Å². The van der Waals surface area contributed by atoms with E-state index in [4.69, 9.17) is 0 Å². The van der Waals surface area contributed by atoms with Crippen LogP contribution in [0.3, 0.4) is 0 Å². The molecule has 4 nitrogen and oxygen atoms in total. The van der Waals surface area contributed by atoms with Crippen LogP contribution in [0.2, 0.25) is 0 Å². The Bertz CT molecular complexity index is 810. The Labute approximate surface area is 167 Å². The van der Waals surface area contributed by atoms with E-state index in [1.807, 2.05) is 30.3 Å². The number of allylic oxidation sites excluding steroid dienone is 1. The second kappa shape index (κ2) is 10.5. The smallest absolute Gasteiger partial charge is 0.251 e. The number of hydrogen-bond acceptors (Lipinski definition) is 2. The van der Waals surface area contributed by atoms with Gasteiger partial charge in [0.05, 0.1) is 0 Å². The van der Waals surface area contributed by atoms with Crippen molar-refractivity contribution in [1.29, 1.82) is 0 Å². The summed E-state index contributed by atoms with van der Waals surface area (Å²) in [6.45, 7) is 1.24. The summed E-state index contributed by atoms with van der Waals surface area (Å²) < 4.78 is 0. The molecule has 0 aliphatic heterocycles. The molecule has 146 valence electrons. The van der Waals surface area contributed by atoms with E-state index in [1.165, 1.54) is 24.0 Å². The van der Waals surface area contributed by atoms with Crippen molar-refractivity contribution in [2.75, 3.05) is 13.1 Å². The molecule has 0 aromatic heterocycles. The van der Waals surface area contributed by atoms with Gasteiger partial charge in [-0.1, -0.05) is 42.0 Å². The van der Waals surface area contributed by atoms with E-state index in [0.717, 1.165) is 25.7 Å². The Morgan fingerprint density at radius 2 is 1.36 bits per heavy atom. The lowest BCUT2D eigenvalue weighted by molar-refractivity contribution is 0.0942. The van der Waals surface area contributed by atoms with Crippen LogP contribution in [0.15, 0.2) is 66.2 Å². The number of carbonyl (C=O) groups excluding carboxylic acids is 2. The van der Waals surface area contributed by atoms with E-state index < -0.39 is 0 Å². The normalized spacial score (nSPS) is 13.5. The van der Waals surface area contributed by atoms with Crippen LogP contribution in [0.1, 0.15) is 58.4 Å². The molecule has 0 heterocycles. The largest absolute Gasteiger partial charge is 0.352 e. The van der Waals surface area contributed by atoms with Crippen LogP contribution in [-0.2, 0) is 6.42 Å². The molecule has 0 saturated carbocycles. The van der Waals surface area contributed by atoms with E-state index in [2.05, 4.69) is 16.7 Å². The maximum Gasteiger partial charge on any atom is 0.251 e. The predicted molar refractivity (Wildman–Crippen MR) is 112 cm³/mol.